The van der Waals surface area contributed by atoms with Crippen molar-refractivity contribution in [3.05, 3.63) is 94.2 Å². The van der Waals surface area contributed by atoms with Crippen LogP contribution in [0.3, 0.4) is 0 Å². The Balaban J connectivity index is 1.37. The number of carbonyl (C=O) groups is 2. The molecule has 0 aliphatic carbocycles. The number of methoxy groups -OCH3 is 2. The van der Waals surface area contributed by atoms with Gasteiger partial charge in [0.15, 0.2) is 23.4 Å². The van der Waals surface area contributed by atoms with Gasteiger partial charge < -0.3 is 27.9 Å². The molecule has 0 spiro atoms. The van der Waals surface area contributed by atoms with Crippen molar-refractivity contribution in [2.24, 2.45) is 5.10 Å². The van der Waals surface area contributed by atoms with E-state index in [1.165, 1.54) is 39.5 Å². The lowest BCUT2D eigenvalue weighted by Crippen LogP contribution is -2.25. The van der Waals surface area contributed by atoms with Crippen molar-refractivity contribution < 1.29 is 33.0 Å². The predicted octanol–water partition coefficient (Wildman–Crippen LogP) is 5.63. The van der Waals surface area contributed by atoms with Crippen LogP contribution in [0, 0.1) is 13.8 Å². The largest absolute Gasteiger partial charge is 0.493 e. The van der Waals surface area contributed by atoms with Gasteiger partial charge in [-0.2, -0.15) is 5.10 Å². The van der Waals surface area contributed by atoms with E-state index < -0.39 is 18.0 Å². The summed E-state index contributed by atoms with van der Waals surface area (Å²) in [6.45, 7) is 5.78. The van der Waals surface area contributed by atoms with Crippen LogP contribution in [0.25, 0.3) is 5.69 Å². The molecule has 4 rings (SSSR count). The number of rotatable bonds is 11. The molecule has 2 heterocycles. The smallest absolute Gasteiger partial charge is 0.346 e. The highest BCUT2D eigenvalue weighted by atomic mass is 35.5. The molecule has 1 amide bonds. The molecular formula is C30H30ClN3O7. The fourth-order valence-corrected chi connectivity index (χ4v) is 4.28. The van der Waals surface area contributed by atoms with E-state index in [1.54, 1.807) is 12.1 Å². The summed E-state index contributed by atoms with van der Waals surface area (Å²) in [6.07, 6.45) is 0.394. The first-order valence-corrected chi connectivity index (χ1v) is 13.0. The van der Waals surface area contributed by atoms with Gasteiger partial charge in [0.1, 0.15) is 18.1 Å². The van der Waals surface area contributed by atoms with Gasteiger partial charge in [0.25, 0.3) is 0 Å². The average Bonchev–Trinajstić information content (AvgIpc) is 3.58. The quantitative estimate of drug-likeness (QED) is 0.139. The van der Waals surface area contributed by atoms with Gasteiger partial charge >= 0.3 is 11.9 Å². The minimum atomic E-state index is -0.925. The molecule has 0 unspecified atom stereocenters. The number of amides is 1. The molecule has 10 nitrogen and oxygen atoms in total. The molecule has 0 aliphatic heterocycles. The maximum absolute atomic E-state index is 12.6. The zero-order valence-corrected chi connectivity index (χ0v) is 24.0. The van der Waals surface area contributed by atoms with Gasteiger partial charge in [-0.15, -0.1) is 0 Å². The molecule has 41 heavy (non-hydrogen) atoms. The minimum Gasteiger partial charge on any atom is -0.493 e. The molecule has 2 aromatic heterocycles. The van der Waals surface area contributed by atoms with Gasteiger partial charge in [-0.25, -0.2) is 10.2 Å². The number of esters is 1. The molecule has 214 valence electrons. The first kappa shape index (κ1) is 29.3. The molecule has 0 aliphatic rings. The summed E-state index contributed by atoms with van der Waals surface area (Å²) < 4.78 is 29.4. The van der Waals surface area contributed by atoms with Crippen LogP contribution >= 0.6 is 11.6 Å². The fourth-order valence-electron chi connectivity index (χ4n) is 4.07. The van der Waals surface area contributed by atoms with Gasteiger partial charge in [0, 0.05) is 33.7 Å². The number of benzene rings is 2. The second-order valence-corrected chi connectivity index (χ2v) is 9.45. The Bertz CT molecular complexity index is 1540. The zero-order chi connectivity index (χ0) is 29.5. The summed E-state index contributed by atoms with van der Waals surface area (Å²) in [4.78, 5) is 24.4. The number of aromatic nitrogens is 1. The molecule has 0 fully saturated rings. The topological polar surface area (TPSA) is 114 Å². The Hall–Kier alpha value is -4.70. The number of hydrazone groups is 1. The Morgan fingerprint density at radius 1 is 1.05 bits per heavy atom. The summed E-state index contributed by atoms with van der Waals surface area (Å²) in [6, 6.07) is 18.1. The molecular weight excluding hydrogens is 550 g/mol. The van der Waals surface area contributed by atoms with E-state index in [2.05, 4.69) is 41.1 Å². The van der Waals surface area contributed by atoms with Crippen LogP contribution in [0.15, 0.2) is 70.2 Å². The molecule has 1 N–H and O–H groups in total. The van der Waals surface area contributed by atoms with Gasteiger partial charge in [0.05, 0.1) is 20.4 Å². The van der Waals surface area contributed by atoms with Gasteiger partial charge in [-0.05, 0) is 75.4 Å². The first-order valence-electron chi connectivity index (χ1n) is 12.6. The monoisotopic (exact) mass is 579 g/mol. The van der Waals surface area contributed by atoms with E-state index in [1.807, 2.05) is 24.3 Å². The Morgan fingerprint density at radius 3 is 2.41 bits per heavy atom. The van der Waals surface area contributed by atoms with E-state index in [9.17, 15) is 9.59 Å². The van der Waals surface area contributed by atoms with Crippen LogP contribution in [0.4, 0.5) is 0 Å². The van der Waals surface area contributed by atoms with Crippen LogP contribution in [-0.4, -0.2) is 43.0 Å². The molecule has 11 heteroatoms. The van der Waals surface area contributed by atoms with E-state index in [0.29, 0.717) is 22.1 Å². The summed E-state index contributed by atoms with van der Waals surface area (Å²) in [7, 11) is 2.69. The lowest BCUT2D eigenvalue weighted by molar-refractivity contribution is -0.147. The highest BCUT2D eigenvalue weighted by molar-refractivity contribution is 6.31. The molecule has 2 aromatic carbocycles. The molecule has 1 atom stereocenters. The van der Waals surface area contributed by atoms with Crippen LogP contribution in [0.5, 0.6) is 17.2 Å². The average molecular weight is 580 g/mol. The first-order chi connectivity index (χ1) is 19.7. The van der Waals surface area contributed by atoms with Gasteiger partial charge in [-0.3, -0.25) is 4.79 Å². The number of aryl methyl sites for hydroxylation is 2. The van der Waals surface area contributed by atoms with E-state index >= 15 is 0 Å². The molecule has 4 aromatic rings. The Morgan fingerprint density at radius 2 is 1.76 bits per heavy atom. The summed E-state index contributed by atoms with van der Waals surface area (Å²) >= 11 is 6.18. The van der Waals surface area contributed by atoms with Crippen molar-refractivity contribution in [3.8, 4) is 22.9 Å². The van der Waals surface area contributed by atoms with Crippen LogP contribution in [0.1, 0.15) is 40.2 Å². The predicted molar refractivity (Wildman–Crippen MR) is 153 cm³/mol. The lowest BCUT2D eigenvalue weighted by atomic mass is 10.2. The highest BCUT2D eigenvalue weighted by Gasteiger charge is 2.20. The van der Waals surface area contributed by atoms with Crippen molar-refractivity contribution in [2.45, 2.75) is 33.5 Å². The SMILES string of the molecule is COC(=O)[C@@H](C)Oc1c(C=NNC(=O)c2ccc(COc3ccc(-n4c(C)ccc4C)cc3)o2)cc(Cl)cc1OC. The number of nitrogens with zero attached hydrogens (tertiary/aromatic N) is 2. The molecule has 0 radical (unpaired) electrons. The minimum absolute atomic E-state index is 0.0501. The number of carbonyl (C=O) groups excluding carboxylic acids is 2. The van der Waals surface area contributed by atoms with Crippen molar-refractivity contribution in [1.82, 2.24) is 9.99 Å². The van der Waals surface area contributed by atoms with E-state index in [-0.39, 0.29) is 23.9 Å². The summed E-state index contributed by atoms with van der Waals surface area (Å²) in [5, 5.41) is 4.32. The standard InChI is InChI=1S/C30H30ClN3O7/c1-18-6-7-19(2)34(18)23-8-10-24(11-9-23)39-17-25-12-13-26(41-25)29(35)33-32-16-21-14-22(31)15-27(37-4)28(21)40-20(3)30(36)38-5/h6-16,20H,17H2,1-5H3,(H,33,35)/t20-/m1/s1. The summed E-state index contributed by atoms with van der Waals surface area (Å²) in [5.74, 6) is 0.517. The maximum atomic E-state index is 12.6. The number of nitrogens with one attached hydrogen (secondary N) is 1. The van der Waals surface area contributed by atoms with Crippen molar-refractivity contribution in [3.63, 3.8) is 0 Å². The van der Waals surface area contributed by atoms with Crippen molar-refractivity contribution >= 4 is 29.7 Å². The highest BCUT2D eigenvalue weighted by Crippen LogP contribution is 2.34. The maximum Gasteiger partial charge on any atom is 0.346 e. The van der Waals surface area contributed by atoms with Gasteiger partial charge in [0.2, 0.25) is 0 Å². The fraction of sp³-hybridized carbons (Fsp3) is 0.233. The number of furan rings is 1. The van der Waals surface area contributed by atoms with Crippen LogP contribution in [0.2, 0.25) is 5.02 Å². The van der Waals surface area contributed by atoms with Crippen molar-refractivity contribution in [2.75, 3.05) is 14.2 Å². The number of ether oxygens (including phenoxy) is 4. The summed E-state index contributed by atoms with van der Waals surface area (Å²) in [5.41, 5.74) is 6.11. The van der Waals surface area contributed by atoms with Crippen LogP contribution in [-0.2, 0) is 16.1 Å². The van der Waals surface area contributed by atoms with E-state index in [4.69, 9.17) is 35.0 Å². The number of hydrogen-bond donors (Lipinski definition) is 1. The van der Waals surface area contributed by atoms with Crippen molar-refractivity contribution in [1.29, 1.82) is 0 Å². The normalized spacial score (nSPS) is 11.8. The van der Waals surface area contributed by atoms with Crippen LogP contribution < -0.4 is 19.6 Å². The number of hydrogen-bond acceptors (Lipinski definition) is 8. The number of halogens is 1. The Labute approximate surface area is 242 Å². The Kier molecular flexibility index (Phi) is 9.36. The van der Waals surface area contributed by atoms with Gasteiger partial charge in [-0.1, -0.05) is 11.6 Å². The third-order valence-corrected chi connectivity index (χ3v) is 6.32. The second kappa shape index (κ2) is 13.1. The zero-order valence-electron chi connectivity index (χ0n) is 23.3. The second-order valence-electron chi connectivity index (χ2n) is 9.01. The molecule has 0 saturated carbocycles. The van der Waals surface area contributed by atoms with E-state index in [0.717, 1.165) is 17.1 Å². The lowest BCUT2D eigenvalue weighted by Gasteiger charge is -2.17. The third kappa shape index (κ3) is 7.09. The third-order valence-electron chi connectivity index (χ3n) is 6.10. The molecule has 0 bridgehead atoms. The molecule has 0 saturated heterocycles.